The molecule has 0 amide bonds. The zero-order valence-corrected chi connectivity index (χ0v) is 15.8. The van der Waals surface area contributed by atoms with E-state index in [0.29, 0.717) is 0 Å². The number of hydrogen-bond acceptors (Lipinski definition) is 5. The minimum absolute atomic E-state index is 0.0551. The lowest BCUT2D eigenvalue weighted by Crippen LogP contribution is -2.43. The number of nitrogens with two attached hydrogens (primary N) is 1. The van der Waals surface area contributed by atoms with Crippen molar-refractivity contribution >= 4 is 0 Å². The third kappa shape index (κ3) is 2.78. The number of benzene rings is 1. The fourth-order valence-electron chi connectivity index (χ4n) is 4.82. The van der Waals surface area contributed by atoms with E-state index in [1.165, 1.54) is 5.56 Å². The lowest BCUT2D eigenvalue weighted by atomic mass is 9.55. The van der Waals surface area contributed by atoms with Gasteiger partial charge in [-0.2, -0.15) is 15.8 Å². The fourth-order valence-corrected chi connectivity index (χ4v) is 4.82. The molecule has 2 N–H and O–H groups in total. The van der Waals surface area contributed by atoms with Crippen molar-refractivity contribution in [3.8, 4) is 18.2 Å². The topological polar surface area (TPSA) is 110 Å². The van der Waals surface area contributed by atoms with E-state index in [0.717, 1.165) is 24.0 Å². The summed E-state index contributed by atoms with van der Waals surface area (Å²) in [6, 6.07) is 20.4. The largest absolute Gasteiger partial charge is 0.399 e. The SMILES string of the molecule is N#CC1=C(N)C(C#N)(C#N)[C@@H](c2cccnc2)[C@@H]2C[C@@H](c3ccccc3)CC=C12. The number of hydrogen-bond donors (Lipinski definition) is 1. The van der Waals surface area contributed by atoms with Crippen molar-refractivity contribution in [3.05, 3.63) is 88.9 Å². The van der Waals surface area contributed by atoms with Gasteiger partial charge in [-0.05, 0) is 47.4 Å². The Kier molecular flexibility index (Phi) is 4.63. The maximum atomic E-state index is 10.1. The van der Waals surface area contributed by atoms with Gasteiger partial charge in [-0.25, -0.2) is 0 Å². The van der Waals surface area contributed by atoms with E-state index in [2.05, 4.69) is 41.4 Å². The van der Waals surface area contributed by atoms with Crippen LogP contribution in [0.3, 0.4) is 0 Å². The molecule has 0 radical (unpaired) electrons. The van der Waals surface area contributed by atoms with Crippen molar-refractivity contribution in [2.24, 2.45) is 17.1 Å². The molecule has 0 aliphatic heterocycles. The summed E-state index contributed by atoms with van der Waals surface area (Å²) in [6.07, 6.45) is 6.96. The summed E-state index contributed by atoms with van der Waals surface area (Å²) in [6.45, 7) is 0. The summed E-state index contributed by atoms with van der Waals surface area (Å²) in [5.74, 6) is -0.404. The number of rotatable bonds is 2. The van der Waals surface area contributed by atoms with Crippen LogP contribution in [0.15, 0.2) is 77.8 Å². The molecule has 3 atom stereocenters. The zero-order valence-electron chi connectivity index (χ0n) is 15.8. The molecule has 2 aromatic rings. The van der Waals surface area contributed by atoms with Crippen molar-refractivity contribution in [2.45, 2.75) is 24.7 Å². The second-order valence-electron chi connectivity index (χ2n) is 7.54. The molecule has 1 heterocycles. The van der Waals surface area contributed by atoms with Gasteiger partial charge in [-0.3, -0.25) is 4.98 Å². The molecule has 0 saturated heterocycles. The Morgan fingerprint density at radius 1 is 1.00 bits per heavy atom. The van der Waals surface area contributed by atoms with Crippen LogP contribution >= 0.6 is 0 Å². The Morgan fingerprint density at radius 3 is 2.34 bits per heavy atom. The van der Waals surface area contributed by atoms with E-state index < -0.39 is 11.3 Å². The minimum Gasteiger partial charge on any atom is -0.399 e. The van der Waals surface area contributed by atoms with Crippen LogP contribution in [0.1, 0.15) is 35.8 Å². The quantitative estimate of drug-likeness (QED) is 0.848. The highest BCUT2D eigenvalue weighted by molar-refractivity contribution is 5.59. The van der Waals surface area contributed by atoms with Crippen molar-refractivity contribution in [3.63, 3.8) is 0 Å². The molecule has 5 heteroatoms. The average Bonchev–Trinajstić information content (AvgIpc) is 2.79. The molecule has 0 spiro atoms. The highest BCUT2D eigenvalue weighted by Gasteiger charge is 2.54. The first-order chi connectivity index (χ1) is 14.2. The van der Waals surface area contributed by atoms with Gasteiger partial charge in [0.05, 0.1) is 23.4 Å². The molecular formula is C24H19N5. The lowest BCUT2D eigenvalue weighted by molar-refractivity contribution is 0.302. The van der Waals surface area contributed by atoms with Crippen LogP contribution in [0.4, 0.5) is 0 Å². The fraction of sp³-hybridized carbons (Fsp3) is 0.250. The number of aromatic nitrogens is 1. The first-order valence-corrected chi connectivity index (χ1v) is 9.54. The van der Waals surface area contributed by atoms with Gasteiger partial charge in [-0.15, -0.1) is 0 Å². The molecule has 2 aliphatic rings. The third-order valence-electron chi connectivity index (χ3n) is 6.19. The van der Waals surface area contributed by atoms with Crippen LogP contribution in [0, 0.1) is 45.3 Å². The maximum Gasteiger partial charge on any atom is 0.191 e. The molecule has 1 aromatic carbocycles. The highest BCUT2D eigenvalue weighted by Crippen LogP contribution is 2.57. The van der Waals surface area contributed by atoms with Crippen LogP contribution in [0.5, 0.6) is 0 Å². The number of nitriles is 3. The molecule has 0 unspecified atom stereocenters. The van der Waals surface area contributed by atoms with Gasteiger partial charge in [0.25, 0.3) is 0 Å². The summed E-state index contributed by atoms with van der Waals surface area (Å²) in [5, 5.41) is 30.0. The molecular weight excluding hydrogens is 358 g/mol. The second-order valence-corrected chi connectivity index (χ2v) is 7.54. The lowest BCUT2D eigenvalue weighted by Gasteiger charge is -2.44. The van der Waals surface area contributed by atoms with Gasteiger partial charge in [-0.1, -0.05) is 42.5 Å². The Morgan fingerprint density at radius 2 is 1.72 bits per heavy atom. The van der Waals surface area contributed by atoms with Crippen molar-refractivity contribution < 1.29 is 0 Å². The maximum absolute atomic E-state index is 10.1. The van der Waals surface area contributed by atoms with Gasteiger partial charge in [0.1, 0.15) is 6.07 Å². The third-order valence-corrected chi connectivity index (χ3v) is 6.19. The highest BCUT2D eigenvalue weighted by atomic mass is 14.7. The Balaban J connectivity index is 1.93. The van der Waals surface area contributed by atoms with Crippen LogP contribution < -0.4 is 5.73 Å². The van der Waals surface area contributed by atoms with E-state index in [-0.39, 0.29) is 23.1 Å². The number of pyridine rings is 1. The first-order valence-electron chi connectivity index (χ1n) is 9.54. The normalized spacial score (nSPS) is 25.0. The Bertz CT molecular complexity index is 1100. The van der Waals surface area contributed by atoms with Gasteiger partial charge in [0, 0.05) is 18.3 Å². The first kappa shape index (κ1) is 18.5. The molecule has 4 rings (SSSR count). The van der Waals surface area contributed by atoms with E-state index in [9.17, 15) is 15.8 Å². The summed E-state index contributed by atoms with van der Waals surface area (Å²) in [5.41, 5.74) is 7.92. The van der Waals surface area contributed by atoms with Crippen LogP contribution in [0.2, 0.25) is 0 Å². The smallest absolute Gasteiger partial charge is 0.191 e. The average molecular weight is 377 g/mol. The number of fused-ring (bicyclic) bond motifs is 1. The molecule has 1 aromatic heterocycles. The van der Waals surface area contributed by atoms with E-state index in [1.54, 1.807) is 18.5 Å². The molecule has 29 heavy (non-hydrogen) atoms. The Hall–Kier alpha value is -3.88. The summed E-state index contributed by atoms with van der Waals surface area (Å²) < 4.78 is 0. The van der Waals surface area contributed by atoms with E-state index in [1.807, 2.05) is 24.3 Å². The van der Waals surface area contributed by atoms with Crippen molar-refractivity contribution in [1.82, 2.24) is 4.98 Å². The van der Waals surface area contributed by atoms with Crippen molar-refractivity contribution in [2.75, 3.05) is 0 Å². The van der Waals surface area contributed by atoms with Gasteiger partial charge < -0.3 is 5.73 Å². The molecule has 0 fully saturated rings. The molecule has 2 aliphatic carbocycles. The summed E-state index contributed by atoms with van der Waals surface area (Å²) >= 11 is 0. The predicted octanol–water partition coefficient (Wildman–Crippen LogP) is 4.07. The molecule has 5 nitrogen and oxygen atoms in total. The predicted molar refractivity (Wildman–Crippen MR) is 107 cm³/mol. The summed E-state index contributed by atoms with van der Waals surface area (Å²) in [4.78, 5) is 4.21. The monoisotopic (exact) mass is 377 g/mol. The minimum atomic E-state index is -1.60. The van der Waals surface area contributed by atoms with Crippen LogP contribution in [0.25, 0.3) is 0 Å². The van der Waals surface area contributed by atoms with Crippen LogP contribution in [-0.4, -0.2) is 4.98 Å². The van der Waals surface area contributed by atoms with Crippen molar-refractivity contribution in [1.29, 1.82) is 15.8 Å². The standard InChI is InChI=1S/C24H19N5/c25-12-21-19-9-8-17(16-5-2-1-3-6-16)11-20(19)22(18-7-4-10-29-13-18)24(14-26,15-27)23(21)28/h1-7,9-10,13,17,20,22H,8,11,28H2/t17-,20+,22-/m0/s1. The van der Waals surface area contributed by atoms with Gasteiger partial charge in [0.2, 0.25) is 0 Å². The number of allylic oxidation sites excluding steroid dienone is 4. The Labute approximate surface area is 170 Å². The number of nitrogens with zero attached hydrogens (tertiary/aromatic N) is 4. The zero-order chi connectivity index (χ0) is 20.4. The summed E-state index contributed by atoms with van der Waals surface area (Å²) in [7, 11) is 0. The van der Waals surface area contributed by atoms with E-state index >= 15 is 0 Å². The molecule has 140 valence electrons. The second kappa shape index (κ2) is 7.27. The molecule has 0 saturated carbocycles. The van der Waals surface area contributed by atoms with Gasteiger partial charge in [0.15, 0.2) is 5.41 Å². The van der Waals surface area contributed by atoms with Gasteiger partial charge >= 0.3 is 0 Å². The van der Waals surface area contributed by atoms with Crippen LogP contribution in [-0.2, 0) is 0 Å². The van der Waals surface area contributed by atoms with E-state index in [4.69, 9.17) is 5.73 Å². The molecule has 0 bridgehead atoms.